The first-order chi connectivity index (χ1) is 9.38. The minimum Gasteiger partial charge on any atom is -0.388 e. The van der Waals surface area contributed by atoms with Gasteiger partial charge in [-0.05, 0) is 20.3 Å². The van der Waals surface area contributed by atoms with Crippen molar-refractivity contribution in [3.05, 3.63) is 0 Å². The van der Waals surface area contributed by atoms with Crippen LogP contribution in [0, 0.1) is 0 Å². The van der Waals surface area contributed by atoms with Crippen molar-refractivity contribution in [1.82, 2.24) is 15.0 Å². The summed E-state index contributed by atoms with van der Waals surface area (Å²) in [6.45, 7) is 6.99. The van der Waals surface area contributed by atoms with Gasteiger partial charge in [0, 0.05) is 27.2 Å². The van der Waals surface area contributed by atoms with Crippen molar-refractivity contribution < 1.29 is 5.11 Å². The number of hydrogen-bond acceptors (Lipinski definition) is 7. The second kappa shape index (κ2) is 7.23. The minimum absolute atomic E-state index is 0.406. The quantitative estimate of drug-likeness (QED) is 0.663. The van der Waals surface area contributed by atoms with E-state index >= 15 is 0 Å². The lowest BCUT2D eigenvalue weighted by molar-refractivity contribution is 0.0635. The number of aromatic nitrogens is 3. The van der Waals surface area contributed by atoms with Crippen LogP contribution in [0.4, 0.5) is 17.8 Å². The van der Waals surface area contributed by atoms with Crippen LogP contribution in [-0.2, 0) is 0 Å². The van der Waals surface area contributed by atoms with Crippen molar-refractivity contribution in [3.63, 3.8) is 0 Å². The van der Waals surface area contributed by atoms with E-state index in [4.69, 9.17) is 0 Å². The van der Waals surface area contributed by atoms with Gasteiger partial charge in [-0.2, -0.15) is 15.0 Å². The number of hydrogen-bond donors (Lipinski definition) is 3. The van der Waals surface area contributed by atoms with Crippen LogP contribution in [0.2, 0.25) is 0 Å². The lowest BCUT2D eigenvalue weighted by atomic mass is 10.0. The van der Waals surface area contributed by atoms with Crippen molar-refractivity contribution in [2.45, 2.75) is 39.2 Å². The molecule has 1 atom stereocenters. The number of nitrogens with zero attached hydrogens (tertiary/aromatic N) is 4. The molecule has 0 aliphatic carbocycles. The Hall–Kier alpha value is -1.63. The Morgan fingerprint density at radius 1 is 1.10 bits per heavy atom. The van der Waals surface area contributed by atoms with Crippen LogP contribution in [-0.4, -0.2) is 52.8 Å². The molecule has 1 aromatic rings. The summed E-state index contributed by atoms with van der Waals surface area (Å²) in [4.78, 5) is 14.7. The predicted molar refractivity (Wildman–Crippen MR) is 82.3 cm³/mol. The van der Waals surface area contributed by atoms with Gasteiger partial charge in [0.25, 0.3) is 0 Å². The minimum atomic E-state index is -0.766. The van der Waals surface area contributed by atoms with Crippen LogP contribution in [0.25, 0.3) is 0 Å². The molecule has 7 heteroatoms. The van der Waals surface area contributed by atoms with Gasteiger partial charge in [0.2, 0.25) is 17.8 Å². The Labute approximate surface area is 120 Å². The highest BCUT2D eigenvalue weighted by Crippen LogP contribution is 2.15. The molecule has 0 amide bonds. The zero-order valence-electron chi connectivity index (χ0n) is 13.1. The first-order valence-electron chi connectivity index (χ1n) is 7.01. The van der Waals surface area contributed by atoms with E-state index < -0.39 is 5.60 Å². The van der Waals surface area contributed by atoms with Crippen LogP contribution < -0.4 is 15.5 Å². The smallest absolute Gasteiger partial charge is 0.231 e. The number of anilines is 3. The van der Waals surface area contributed by atoms with E-state index in [9.17, 15) is 5.11 Å². The molecule has 0 spiro atoms. The summed E-state index contributed by atoms with van der Waals surface area (Å²) in [5.74, 6) is 1.58. The van der Waals surface area contributed by atoms with Crippen molar-refractivity contribution in [3.8, 4) is 0 Å². The molecule has 114 valence electrons. The van der Waals surface area contributed by atoms with Gasteiger partial charge in [-0.25, -0.2) is 0 Å². The largest absolute Gasteiger partial charge is 0.388 e. The molecule has 0 fully saturated rings. The summed E-state index contributed by atoms with van der Waals surface area (Å²) in [7, 11) is 3.75. The fourth-order valence-electron chi connectivity index (χ4n) is 1.78. The molecule has 1 aromatic heterocycles. The molecule has 3 N–H and O–H groups in total. The molecule has 1 rings (SSSR count). The van der Waals surface area contributed by atoms with Gasteiger partial charge >= 0.3 is 0 Å². The molecule has 0 saturated heterocycles. The van der Waals surface area contributed by atoms with E-state index in [2.05, 4.69) is 25.6 Å². The molecule has 0 aliphatic heterocycles. The normalized spacial score (nSPS) is 13.7. The molecule has 0 aromatic carbocycles. The molecular weight excluding hydrogens is 256 g/mol. The molecular formula is C13H26N6O. The highest BCUT2D eigenvalue weighted by Gasteiger charge is 2.19. The molecule has 1 heterocycles. The zero-order chi connectivity index (χ0) is 15.2. The first-order valence-corrected chi connectivity index (χ1v) is 7.01. The second-order valence-corrected chi connectivity index (χ2v) is 5.31. The third kappa shape index (κ3) is 5.16. The van der Waals surface area contributed by atoms with Crippen LogP contribution in [0.1, 0.15) is 33.6 Å². The molecule has 7 nitrogen and oxygen atoms in total. The van der Waals surface area contributed by atoms with E-state index in [1.54, 1.807) is 0 Å². The van der Waals surface area contributed by atoms with Gasteiger partial charge in [-0.1, -0.05) is 13.3 Å². The number of nitrogens with one attached hydrogen (secondary N) is 2. The van der Waals surface area contributed by atoms with E-state index in [-0.39, 0.29) is 0 Å². The third-order valence-corrected chi connectivity index (χ3v) is 2.77. The van der Waals surface area contributed by atoms with Gasteiger partial charge in [0.15, 0.2) is 0 Å². The van der Waals surface area contributed by atoms with Crippen LogP contribution >= 0.6 is 0 Å². The molecule has 0 aliphatic rings. The Bertz CT molecular complexity index is 421. The van der Waals surface area contributed by atoms with E-state index in [1.165, 1.54) is 0 Å². The topological polar surface area (TPSA) is 86.2 Å². The van der Waals surface area contributed by atoms with E-state index in [0.29, 0.717) is 24.4 Å². The van der Waals surface area contributed by atoms with Gasteiger partial charge in [-0.15, -0.1) is 0 Å². The summed E-state index contributed by atoms with van der Waals surface area (Å²) in [5, 5.41) is 16.3. The SMILES string of the molecule is CCCC(C)(O)CNc1nc(NCC)nc(N(C)C)n1. The summed E-state index contributed by atoms with van der Waals surface area (Å²) >= 11 is 0. The Morgan fingerprint density at radius 3 is 2.20 bits per heavy atom. The summed E-state index contributed by atoms with van der Waals surface area (Å²) in [6.07, 6.45) is 1.66. The van der Waals surface area contributed by atoms with Crippen molar-refractivity contribution in [1.29, 1.82) is 0 Å². The molecule has 0 radical (unpaired) electrons. The van der Waals surface area contributed by atoms with Crippen molar-refractivity contribution in [2.75, 3.05) is 42.7 Å². The predicted octanol–water partition coefficient (Wildman–Crippen LogP) is 1.33. The van der Waals surface area contributed by atoms with Gasteiger partial charge in [0.1, 0.15) is 0 Å². The monoisotopic (exact) mass is 282 g/mol. The van der Waals surface area contributed by atoms with Gasteiger partial charge in [-0.3, -0.25) is 0 Å². The Balaban J connectivity index is 2.83. The van der Waals surface area contributed by atoms with Crippen LogP contribution in [0.5, 0.6) is 0 Å². The zero-order valence-corrected chi connectivity index (χ0v) is 13.1. The highest BCUT2D eigenvalue weighted by molar-refractivity contribution is 5.43. The molecule has 1 unspecified atom stereocenters. The maximum Gasteiger partial charge on any atom is 0.231 e. The summed E-state index contributed by atoms with van der Waals surface area (Å²) in [6, 6.07) is 0. The lowest BCUT2D eigenvalue weighted by Gasteiger charge is -2.23. The number of aliphatic hydroxyl groups is 1. The standard InChI is InChI=1S/C13H26N6O/c1-6-8-13(3,20)9-15-11-16-10(14-7-2)17-12(18-11)19(4)5/h20H,6-9H2,1-5H3,(H2,14,15,16,17,18). The molecule has 0 bridgehead atoms. The molecule has 0 saturated carbocycles. The fourth-order valence-corrected chi connectivity index (χ4v) is 1.78. The van der Waals surface area contributed by atoms with Gasteiger partial charge in [0.05, 0.1) is 5.60 Å². The lowest BCUT2D eigenvalue weighted by Crippen LogP contribution is -2.33. The Morgan fingerprint density at radius 2 is 1.70 bits per heavy atom. The Kier molecular flexibility index (Phi) is 5.94. The van der Waals surface area contributed by atoms with Crippen LogP contribution in [0.3, 0.4) is 0 Å². The summed E-state index contributed by atoms with van der Waals surface area (Å²) in [5.41, 5.74) is -0.766. The van der Waals surface area contributed by atoms with Crippen LogP contribution in [0.15, 0.2) is 0 Å². The average molecular weight is 282 g/mol. The van der Waals surface area contributed by atoms with E-state index in [1.807, 2.05) is 39.8 Å². The summed E-state index contributed by atoms with van der Waals surface area (Å²) < 4.78 is 0. The third-order valence-electron chi connectivity index (χ3n) is 2.77. The maximum absolute atomic E-state index is 10.2. The second-order valence-electron chi connectivity index (χ2n) is 5.31. The van der Waals surface area contributed by atoms with Crippen molar-refractivity contribution in [2.24, 2.45) is 0 Å². The van der Waals surface area contributed by atoms with Crippen molar-refractivity contribution >= 4 is 17.8 Å². The molecule has 20 heavy (non-hydrogen) atoms. The number of rotatable bonds is 8. The van der Waals surface area contributed by atoms with E-state index in [0.717, 1.165) is 19.4 Å². The fraction of sp³-hybridized carbons (Fsp3) is 0.769. The van der Waals surface area contributed by atoms with Gasteiger partial charge < -0.3 is 20.6 Å². The average Bonchev–Trinajstić information content (AvgIpc) is 2.36. The highest BCUT2D eigenvalue weighted by atomic mass is 16.3. The first kappa shape index (κ1) is 16.4. The maximum atomic E-state index is 10.2.